The molecule has 1 aliphatic carbocycles. The Morgan fingerprint density at radius 3 is 2.86 bits per heavy atom. The van der Waals surface area contributed by atoms with E-state index in [2.05, 4.69) is 11.2 Å². The van der Waals surface area contributed by atoms with Crippen LogP contribution < -0.4 is 5.32 Å². The molecule has 72 valence electrons. The molecule has 0 saturated heterocycles. The molecule has 0 aliphatic heterocycles. The molecule has 0 bridgehead atoms. The van der Waals surface area contributed by atoms with E-state index in [-0.39, 0.29) is 12.1 Å². The van der Waals surface area contributed by atoms with Crippen LogP contribution >= 0.6 is 0 Å². The van der Waals surface area contributed by atoms with Gasteiger partial charge >= 0.3 is 0 Å². The van der Waals surface area contributed by atoms with E-state index in [1.54, 1.807) is 0 Å². The van der Waals surface area contributed by atoms with E-state index >= 15 is 0 Å². The minimum atomic E-state index is -0.346. The summed E-state index contributed by atoms with van der Waals surface area (Å²) >= 11 is 0. The molecule has 0 radical (unpaired) electrons. The van der Waals surface area contributed by atoms with Gasteiger partial charge in [0.2, 0.25) is 0 Å². The molecule has 0 fully saturated rings. The number of hydrogen-bond acceptors (Lipinski definition) is 2. The van der Waals surface area contributed by atoms with Gasteiger partial charge in [0.05, 0.1) is 12.6 Å². The maximum Gasteiger partial charge on any atom is 0.0811 e. The highest BCUT2D eigenvalue weighted by Gasteiger charge is 2.28. The molecule has 14 heavy (non-hydrogen) atoms. The summed E-state index contributed by atoms with van der Waals surface area (Å²) in [7, 11) is 0. The van der Waals surface area contributed by atoms with Crippen LogP contribution in [0.15, 0.2) is 24.3 Å². The molecule has 0 aromatic heterocycles. The number of hydrogen-bond donors (Lipinski definition) is 2. The lowest BCUT2D eigenvalue weighted by molar-refractivity contribution is 0.169. The Kier molecular flexibility index (Phi) is 2.53. The average Bonchev–Trinajstić information content (AvgIpc) is 2.54. The van der Waals surface area contributed by atoms with Gasteiger partial charge in [0.15, 0.2) is 0 Å². The van der Waals surface area contributed by atoms with Crippen molar-refractivity contribution in [3.63, 3.8) is 0 Å². The molecular weight excluding hydrogens is 174 g/mol. The first kappa shape index (κ1) is 9.26. The number of fused-ring (bicyclic) bond motifs is 1. The Bertz CT molecular complexity index is 367. The van der Waals surface area contributed by atoms with Gasteiger partial charge in [-0.15, -0.1) is 6.42 Å². The molecule has 1 aromatic carbocycles. The average molecular weight is 187 g/mol. The fourth-order valence-corrected chi connectivity index (χ4v) is 1.98. The molecule has 2 heteroatoms. The Hall–Kier alpha value is -1.30. The van der Waals surface area contributed by atoms with Crippen LogP contribution in [-0.2, 0) is 0 Å². The van der Waals surface area contributed by atoms with Gasteiger partial charge < -0.3 is 5.11 Å². The molecule has 2 N–H and O–H groups in total. The van der Waals surface area contributed by atoms with Crippen LogP contribution in [0.5, 0.6) is 0 Å². The van der Waals surface area contributed by atoms with E-state index in [0.717, 1.165) is 12.0 Å². The summed E-state index contributed by atoms with van der Waals surface area (Å²) in [6, 6.07) is 8.15. The van der Waals surface area contributed by atoms with Crippen molar-refractivity contribution in [2.45, 2.75) is 18.6 Å². The third-order valence-electron chi connectivity index (χ3n) is 2.64. The van der Waals surface area contributed by atoms with Crippen molar-refractivity contribution in [3.05, 3.63) is 35.4 Å². The van der Waals surface area contributed by atoms with Crippen LogP contribution in [0, 0.1) is 12.3 Å². The summed E-state index contributed by atoms with van der Waals surface area (Å²) in [5.41, 5.74) is 2.21. The first-order chi connectivity index (χ1) is 6.83. The lowest BCUT2D eigenvalue weighted by Gasteiger charge is -2.10. The van der Waals surface area contributed by atoms with Crippen LogP contribution in [0.2, 0.25) is 0 Å². The van der Waals surface area contributed by atoms with Crippen molar-refractivity contribution in [2.24, 2.45) is 0 Å². The molecule has 1 aliphatic rings. The number of aliphatic hydroxyl groups is 1. The Balaban J connectivity index is 2.22. The molecular formula is C12H13NO. The number of terminal acetylenes is 1. The molecule has 0 unspecified atom stereocenters. The smallest absolute Gasteiger partial charge is 0.0811 e. The van der Waals surface area contributed by atoms with Crippen molar-refractivity contribution in [1.29, 1.82) is 0 Å². The standard InChI is InChI=1S/C12H13NO/c1-2-7-13-11-8-12(14)10-6-4-3-5-9(10)11/h1,3-6,11-14H,7-8H2/t11-,12-/m1/s1. The topological polar surface area (TPSA) is 32.3 Å². The molecule has 2 rings (SSSR count). The van der Waals surface area contributed by atoms with Crippen LogP contribution in [-0.4, -0.2) is 11.7 Å². The highest BCUT2D eigenvalue weighted by molar-refractivity contribution is 5.36. The highest BCUT2D eigenvalue weighted by atomic mass is 16.3. The lowest BCUT2D eigenvalue weighted by Crippen LogP contribution is -2.19. The second-order valence-electron chi connectivity index (χ2n) is 3.52. The van der Waals surface area contributed by atoms with Gasteiger partial charge in [0, 0.05) is 6.04 Å². The molecule has 0 saturated carbocycles. The summed E-state index contributed by atoms with van der Waals surface area (Å²) in [5, 5.41) is 13.0. The predicted molar refractivity (Wildman–Crippen MR) is 55.6 cm³/mol. The molecule has 0 amide bonds. The zero-order chi connectivity index (χ0) is 9.97. The molecule has 0 spiro atoms. The van der Waals surface area contributed by atoms with E-state index in [4.69, 9.17) is 6.42 Å². The number of aliphatic hydroxyl groups excluding tert-OH is 1. The van der Waals surface area contributed by atoms with Gasteiger partial charge in [0.1, 0.15) is 0 Å². The second kappa shape index (κ2) is 3.83. The van der Waals surface area contributed by atoms with Gasteiger partial charge in [-0.3, -0.25) is 5.32 Å². The van der Waals surface area contributed by atoms with E-state index < -0.39 is 0 Å². The van der Waals surface area contributed by atoms with E-state index in [1.165, 1.54) is 5.56 Å². The van der Waals surface area contributed by atoms with Crippen molar-refractivity contribution in [1.82, 2.24) is 5.32 Å². The van der Waals surface area contributed by atoms with Crippen LogP contribution in [0.3, 0.4) is 0 Å². The minimum absolute atomic E-state index is 0.206. The number of benzene rings is 1. The van der Waals surface area contributed by atoms with Gasteiger partial charge in [-0.2, -0.15) is 0 Å². The normalized spacial score (nSPS) is 24.3. The zero-order valence-electron chi connectivity index (χ0n) is 7.90. The monoisotopic (exact) mass is 187 g/mol. The summed E-state index contributed by atoms with van der Waals surface area (Å²) in [6.07, 6.45) is 5.56. The maximum atomic E-state index is 9.76. The zero-order valence-corrected chi connectivity index (χ0v) is 7.90. The van der Waals surface area contributed by atoms with E-state index in [9.17, 15) is 5.11 Å². The molecule has 1 aromatic rings. The number of nitrogens with one attached hydrogen (secondary N) is 1. The SMILES string of the molecule is C#CCN[C@@H]1C[C@@H](O)c2ccccc21. The second-order valence-corrected chi connectivity index (χ2v) is 3.52. The summed E-state index contributed by atoms with van der Waals surface area (Å²) < 4.78 is 0. The van der Waals surface area contributed by atoms with Gasteiger partial charge in [-0.1, -0.05) is 30.2 Å². The van der Waals surface area contributed by atoms with Crippen LogP contribution in [0.4, 0.5) is 0 Å². The first-order valence-electron chi connectivity index (χ1n) is 4.76. The Labute approximate surface area is 84.0 Å². The third-order valence-corrected chi connectivity index (χ3v) is 2.64. The van der Waals surface area contributed by atoms with Gasteiger partial charge in [0.25, 0.3) is 0 Å². The van der Waals surface area contributed by atoms with Crippen LogP contribution in [0.1, 0.15) is 29.7 Å². The van der Waals surface area contributed by atoms with Crippen molar-refractivity contribution in [2.75, 3.05) is 6.54 Å². The number of rotatable bonds is 2. The van der Waals surface area contributed by atoms with Gasteiger partial charge in [-0.25, -0.2) is 0 Å². The lowest BCUT2D eigenvalue weighted by atomic mass is 10.1. The fraction of sp³-hybridized carbons (Fsp3) is 0.333. The first-order valence-corrected chi connectivity index (χ1v) is 4.76. The summed E-state index contributed by atoms with van der Waals surface area (Å²) in [5.74, 6) is 2.55. The summed E-state index contributed by atoms with van der Waals surface area (Å²) in [6.45, 7) is 0.547. The molecule has 2 nitrogen and oxygen atoms in total. The van der Waals surface area contributed by atoms with Crippen molar-refractivity contribution < 1.29 is 5.11 Å². The summed E-state index contributed by atoms with van der Waals surface area (Å²) in [4.78, 5) is 0. The predicted octanol–water partition coefficient (Wildman–Crippen LogP) is 1.39. The van der Waals surface area contributed by atoms with E-state index in [1.807, 2.05) is 24.3 Å². The van der Waals surface area contributed by atoms with Gasteiger partial charge in [-0.05, 0) is 17.5 Å². The Morgan fingerprint density at radius 1 is 1.43 bits per heavy atom. The highest BCUT2D eigenvalue weighted by Crippen LogP contribution is 2.37. The van der Waals surface area contributed by atoms with Crippen molar-refractivity contribution >= 4 is 0 Å². The fourth-order valence-electron chi connectivity index (χ4n) is 1.98. The maximum absolute atomic E-state index is 9.76. The minimum Gasteiger partial charge on any atom is -0.388 e. The van der Waals surface area contributed by atoms with Crippen molar-refractivity contribution in [3.8, 4) is 12.3 Å². The third kappa shape index (κ3) is 1.52. The molecule has 0 heterocycles. The quantitative estimate of drug-likeness (QED) is 0.686. The molecule has 2 atom stereocenters. The van der Waals surface area contributed by atoms with E-state index in [0.29, 0.717) is 6.54 Å². The largest absolute Gasteiger partial charge is 0.388 e. The van der Waals surface area contributed by atoms with Crippen LogP contribution in [0.25, 0.3) is 0 Å². The Morgan fingerprint density at radius 2 is 2.14 bits per heavy atom.